The summed E-state index contributed by atoms with van der Waals surface area (Å²) in [5.41, 5.74) is 3.26. The van der Waals surface area contributed by atoms with Gasteiger partial charge in [0.05, 0.1) is 7.11 Å². The summed E-state index contributed by atoms with van der Waals surface area (Å²) in [5.74, 6) is 2.65. The molecule has 150 valence electrons. The smallest absolute Gasteiger partial charge is 0.251 e. The quantitative estimate of drug-likeness (QED) is 0.493. The van der Waals surface area contributed by atoms with Crippen LogP contribution in [0.4, 0.5) is 0 Å². The van der Waals surface area contributed by atoms with Crippen LogP contribution >= 0.6 is 11.8 Å². The van der Waals surface area contributed by atoms with Crippen LogP contribution in [0.15, 0.2) is 84.9 Å². The number of thioether (sulfide) groups is 1. The number of ether oxygens (including phenoxy) is 1. The van der Waals surface area contributed by atoms with Crippen LogP contribution in [0, 0.1) is 0 Å². The molecule has 3 rings (SSSR count). The molecule has 1 atom stereocenters. The van der Waals surface area contributed by atoms with E-state index < -0.39 is 0 Å². The van der Waals surface area contributed by atoms with Gasteiger partial charge in [-0.2, -0.15) is 11.8 Å². The molecule has 3 nitrogen and oxygen atoms in total. The second-order valence-electron chi connectivity index (χ2n) is 6.92. The van der Waals surface area contributed by atoms with Gasteiger partial charge in [-0.25, -0.2) is 0 Å². The van der Waals surface area contributed by atoms with Gasteiger partial charge in [-0.3, -0.25) is 4.79 Å². The first-order valence-corrected chi connectivity index (χ1v) is 11.0. The molecule has 0 heterocycles. The second-order valence-corrected chi connectivity index (χ2v) is 7.95. The Kier molecular flexibility index (Phi) is 8.20. The van der Waals surface area contributed by atoms with Crippen molar-refractivity contribution in [3.8, 4) is 5.75 Å². The first kappa shape index (κ1) is 21.0. The number of amides is 1. The van der Waals surface area contributed by atoms with Crippen LogP contribution in [0.5, 0.6) is 5.75 Å². The van der Waals surface area contributed by atoms with E-state index in [0.717, 1.165) is 30.1 Å². The Hall–Kier alpha value is -2.72. The fourth-order valence-electron chi connectivity index (χ4n) is 3.08. The van der Waals surface area contributed by atoms with E-state index in [2.05, 4.69) is 41.7 Å². The molecule has 0 aliphatic rings. The molecular weight excluding hydrogens is 378 g/mol. The standard InChI is InChI=1S/C25H27NO2S/c1-28-24-16-13-21(14-17-24)18-29-19-23(15-12-20-8-4-2-5-9-20)26-25(27)22-10-6-3-7-11-22/h2-11,13-14,16-17,23H,12,15,18-19H2,1H3,(H,26,27). The fourth-order valence-corrected chi connectivity index (χ4v) is 4.16. The van der Waals surface area contributed by atoms with Crippen LogP contribution < -0.4 is 10.1 Å². The van der Waals surface area contributed by atoms with Gasteiger partial charge in [-0.1, -0.05) is 60.7 Å². The van der Waals surface area contributed by atoms with E-state index in [1.165, 1.54) is 11.1 Å². The van der Waals surface area contributed by atoms with Gasteiger partial charge in [0.1, 0.15) is 5.75 Å². The summed E-state index contributed by atoms with van der Waals surface area (Å²) in [6, 6.07) is 28.1. The van der Waals surface area contributed by atoms with E-state index in [0.29, 0.717) is 5.56 Å². The molecule has 3 aromatic carbocycles. The minimum absolute atomic E-state index is 0.00582. The minimum Gasteiger partial charge on any atom is -0.497 e. The Balaban J connectivity index is 1.57. The van der Waals surface area contributed by atoms with Crippen molar-refractivity contribution in [2.45, 2.75) is 24.6 Å². The first-order chi connectivity index (χ1) is 14.2. The number of carbonyl (C=O) groups excluding carboxylic acids is 1. The summed E-state index contributed by atoms with van der Waals surface area (Å²) >= 11 is 1.84. The van der Waals surface area contributed by atoms with E-state index >= 15 is 0 Å². The van der Waals surface area contributed by atoms with Gasteiger partial charge < -0.3 is 10.1 Å². The molecule has 0 bridgehead atoms. The van der Waals surface area contributed by atoms with Crippen molar-refractivity contribution in [3.05, 3.63) is 102 Å². The van der Waals surface area contributed by atoms with Crippen molar-refractivity contribution in [3.63, 3.8) is 0 Å². The topological polar surface area (TPSA) is 38.3 Å². The highest BCUT2D eigenvalue weighted by molar-refractivity contribution is 7.98. The zero-order valence-electron chi connectivity index (χ0n) is 16.7. The molecule has 0 fully saturated rings. The maximum absolute atomic E-state index is 12.6. The van der Waals surface area contributed by atoms with Crippen molar-refractivity contribution in [1.82, 2.24) is 5.32 Å². The number of hydrogen-bond donors (Lipinski definition) is 1. The fraction of sp³-hybridized carbons (Fsp3) is 0.240. The molecule has 3 aromatic rings. The molecule has 0 aliphatic carbocycles. The van der Waals surface area contributed by atoms with Crippen LogP contribution in [0.2, 0.25) is 0 Å². The van der Waals surface area contributed by atoms with Gasteiger partial charge in [0.25, 0.3) is 5.91 Å². The third-order valence-corrected chi connectivity index (χ3v) is 5.92. The largest absolute Gasteiger partial charge is 0.497 e. The first-order valence-electron chi connectivity index (χ1n) is 9.85. The Morgan fingerprint density at radius 2 is 1.55 bits per heavy atom. The Morgan fingerprint density at radius 1 is 0.897 bits per heavy atom. The highest BCUT2D eigenvalue weighted by Gasteiger charge is 2.14. The van der Waals surface area contributed by atoms with E-state index in [1.54, 1.807) is 7.11 Å². The van der Waals surface area contributed by atoms with Crippen LogP contribution in [0.3, 0.4) is 0 Å². The molecule has 0 saturated carbocycles. The van der Waals surface area contributed by atoms with E-state index in [4.69, 9.17) is 4.74 Å². The third kappa shape index (κ3) is 6.99. The molecule has 29 heavy (non-hydrogen) atoms. The number of rotatable bonds is 10. The summed E-state index contributed by atoms with van der Waals surface area (Å²) < 4.78 is 5.22. The van der Waals surface area contributed by atoms with Crippen molar-refractivity contribution in [1.29, 1.82) is 0 Å². The normalized spacial score (nSPS) is 11.6. The predicted molar refractivity (Wildman–Crippen MR) is 122 cm³/mol. The predicted octanol–water partition coefficient (Wildman–Crippen LogP) is 5.36. The zero-order chi connectivity index (χ0) is 20.3. The summed E-state index contributed by atoms with van der Waals surface area (Å²) in [7, 11) is 1.68. The molecule has 1 N–H and O–H groups in total. The van der Waals surface area contributed by atoms with Crippen molar-refractivity contribution in [2.75, 3.05) is 12.9 Å². The number of nitrogens with one attached hydrogen (secondary N) is 1. The van der Waals surface area contributed by atoms with E-state index in [1.807, 2.05) is 60.3 Å². The minimum atomic E-state index is -0.00582. The number of carbonyl (C=O) groups is 1. The number of hydrogen-bond acceptors (Lipinski definition) is 3. The maximum Gasteiger partial charge on any atom is 0.251 e. The maximum atomic E-state index is 12.6. The van der Waals surface area contributed by atoms with Crippen LogP contribution in [-0.4, -0.2) is 24.8 Å². The van der Waals surface area contributed by atoms with Gasteiger partial charge in [0.15, 0.2) is 0 Å². The molecule has 1 amide bonds. The van der Waals surface area contributed by atoms with E-state index in [9.17, 15) is 4.79 Å². The van der Waals surface area contributed by atoms with Gasteiger partial charge >= 0.3 is 0 Å². The summed E-state index contributed by atoms with van der Waals surface area (Å²) in [6.07, 6.45) is 1.86. The summed E-state index contributed by atoms with van der Waals surface area (Å²) in [6.45, 7) is 0. The number of benzene rings is 3. The highest BCUT2D eigenvalue weighted by Crippen LogP contribution is 2.18. The number of methoxy groups -OCH3 is 1. The molecule has 0 aromatic heterocycles. The molecule has 0 saturated heterocycles. The molecule has 4 heteroatoms. The summed E-state index contributed by atoms with van der Waals surface area (Å²) in [4.78, 5) is 12.6. The second kappa shape index (κ2) is 11.3. The van der Waals surface area contributed by atoms with Crippen molar-refractivity contribution < 1.29 is 9.53 Å². The molecule has 1 unspecified atom stereocenters. The number of aryl methyl sites for hydroxylation is 1. The van der Waals surface area contributed by atoms with Crippen molar-refractivity contribution in [2.24, 2.45) is 0 Å². The Morgan fingerprint density at radius 3 is 2.21 bits per heavy atom. The highest BCUT2D eigenvalue weighted by atomic mass is 32.2. The Bertz CT molecular complexity index is 866. The van der Waals surface area contributed by atoms with Crippen LogP contribution in [0.1, 0.15) is 27.9 Å². The lowest BCUT2D eigenvalue weighted by Crippen LogP contribution is -2.37. The average Bonchev–Trinajstić information content (AvgIpc) is 2.79. The zero-order valence-corrected chi connectivity index (χ0v) is 17.5. The monoisotopic (exact) mass is 405 g/mol. The lowest BCUT2D eigenvalue weighted by molar-refractivity contribution is 0.0939. The lowest BCUT2D eigenvalue weighted by Gasteiger charge is -2.19. The van der Waals surface area contributed by atoms with Crippen LogP contribution in [0.25, 0.3) is 0 Å². The van der Waals surface area contributed by atoms with Crippen molar-refractivity contribution >= 4 is 17.7 Å². The molecule has 0 aliphatic heterocycles. The van der Waals surface area contributed by atoms with Gasteiger partial charge in [0.2, 0.25) is 0 Å². The average molecular weight is 406 g/mol. The van der Waals surface area contributed by atoms with E-state index in [-0.39, 0.29) is 11.9 Å². The molecule has 0 spiro atoms. The molecule has 0 radical (unpaired) electrons. The van der Waals surface area contributed by atoms with Gasteiger partial charge in [-0.15, -0.1) is 0 Å². The molecular formula is C25H27NO2S. The third-order valence-electron chi connectivity index (χ3n) is 4.74. The SMILES string of the molecule is COc1ccc(CSCC(CCc2ccccc2)NC(=O)c2ccccc2)cc1. The van der Waals surface area contributed by atoms with Gasteiger partial charge in [-0.05, 0) is 48.2 Å². The summed E-state index contributed by atoms with van der Waals surface area (Å²) in [5, 5.41) is 3.23. The van der Waals surface area contributed by atoms with Gasteiger partial charge in [0, 0.05) is 23.1 Å². The lowest BCUT2D eigenvalue weighted by atomic mass is 10.1. The Labute approximate surface area is 177 Å². The van der Waals surface area contributed by atoms with Crippen LogP contribution in [-0.2, 0) is 12.2 Å².